The van der Waals surface area contributed by atoms with E-state index < -0.39 is 17.6 Å². The van der Waals surface area contributed by atoms with Crippen LogP contribution in [-0.4, -0.2) is 36.8 Å². The first-order valence-corrected chi connectivity index (χ1v) is 8.62. The normalized spacial score (nSPS) is 10.6. The van der Waals surface area contributed by atoms with Crippen LogP contribution >= 0.6 is 15.9 Å². The lowest BCUT2D eigenvalue weighted by molar-refractivity contribution is -0.120. The van der Waals surface area contributed by atoms with Gasteiger partial charge in [-0.2, -0.15) is 5.10 Å². The molecule has 27 heavy (non-hydrogen) atoms. The van der Waals surface area contributed by atoms with Crippen LogP contribution in [0, 0.1) is 5.82 Å². The average molecular weight is 438 g/mol. The molecule has 0 atom stereocenters. The number of amides is 2. The Labute approximate surface area is 163 Å². The van der Waals surface area contributed by atoms with Gasteiger partial charge in [-0.05, 0) is 45.8 Å². The van der Waals surface area contributed by atoms with Gasteiger partial charge in [-0.15, -0.1) is 0 Å². The second-order valence-corrected chi connectivity index (χ2v) is 6.19. The Kier molecular flexibility index (Phi) is 7.30. The Morgan fingerprint density at radius 2 is 2.07 bits per heavy atom. The maximum absolute atomic E-state index is 13.5. The molecule has 2 aromatic rings. The summed E-state index contributed by atoms with van der Waals surface area (Å²) in [6, 6.07) is 8.73. The number of nitrogens with zero attached hydrogens (tertiary/aromatic N) is 1. The molecular formula is C18H17BrFN3O4. The third kappa shape index (κ3) is 5.78. The lowest BCUT2D eigenvalue weighted by Gasteiger charge is -2.06. The van der Waals surface area contributed by atoms with Crippen LogP contribution in [0.1, 0.15) is 22.3 Å². The highest BCUT2D eigenvalue weighted by Crippen LogP contribution is 2.34. The summed E-state index contributed by atoms with van der Waals surface area (Å²) in [7, 11) is 1.42. The highest BCUT2D eigenvalue weighted by atomic mass is 79.9. The molecule has 2 rings (SSSR count). The Bertz CT molecular complexity index is 874. The Morgan fingerprint density at radius 1 is 1.33 bits per heavy atom. The number of rotatable bonds is 7. The second-order valence-electron chi connectivity index (χ2n) is 5.33. The standard InChI is InChI=1S/C18H17BrFN3O4/c1-27-15-9-11(8-13(19)17(15)25)10-22-23-16(24)6-7-21-18(26)12-4-2-3-5-14(12)20/h2-5,8-10,25H,6-7H2,1H3,(H,21,26)(H,23,24)/b22-10+. The molecule has 0 fully saturated rings. The molecule has 2 aromatic carbocycles. The number of methoxy groups -OCH3 is 1. The minimum absolute atomic E-state index is 0.0277. The van der Waals surface area contributed by atoms with Crippen LogP contribution in [0.4, 0.5) is 4.39 Å². The highest BCUT2D eigenvalue weighted by Gasteiger charge is 2.11. The number of benzene rings is 2. The van der Waals surface area contributed by atoms with E-state index >= 15 is 0 Å². The lowest BCUT2D eigenvalue weighted by Crippen LogP contribution is -2.29. The molecule has 0 aromatic heterocycles. The van der Waals surface area contributed by atoms with Gasteiger partial charge in [0.2, 0.25) is 5.91 Å². The van der Waals surface area contributed by atoms with E-state index in [0.717, 1.165) is 0 Å². The van der Waals surface area contributed by atoms with E-state index in [1.807, 2.05) is 0 Å². The quantitative estimate of drug-likeness (QED) is 0.457. The van der Waals surface area contributed by atoms with E-state index in [9.17, 15) is 19.1 Å². The predicted molar refractivity (Wildman–Crippen MR) is 101 cm³/mol. The molecule has 0 unspecified atom stereocenters. The van der Waals surface area contributed by atoms with Crippen molar-refractivity contribution in [1.29, 1.82) is 0 Å². The smallest absolute Gasteiger partial charge is 0.254 e. The summed E-state index contributed by atoms with van der Waals surface area (Å²) in [4.78, 5) is 23.6. The van der Waals surface area contributed by atoms with Gasteiger partial charge in [0.1, 0.15) is 5.82 Å². The van der Waals surface area contributed by atoms with Crippen LogP contribution in [-0.2, 0) is 4.79 Å². The van der Waals surface area contributed by atoms with E-state index in [1.165, 1.54) is 31.5 Å². The molecule has 0 heterocycles. The molecule has 0 saturated heterocycles. The Hall–Kier alpha value is -2.94. The van der Waals surface area contributed by atoms with Crippen LogP contribution in [0.2, 0.25) is 0 Å². The zero-order valence-electron chi connectivity index (χ0n) is 14.3. The van der Waals surface area contributed by atoms with Gasteiger partial charge >= 0.3 is 0 Å². The largest absolute Gasteiger partial charge is 0.503 e. The molecule has 7 nitrogen and oxygen atoms in total. The molecule has 0 saturated carbocycles. The number of aromatic hydroxyl groups is 1. The average Bonchev–Trinajstić information content (AvgIpc) is 2.64. The molecule has 0 bridgehead atoms. The molecule has 0 radical (unpaired) electrons. The molecule has 0 aliphatic heterocycles. The molecule has 0 spiro atoms. The van der Waals surface area contributed by atoms with Gasteiger partial charge in [-0.1, -0.05) is 12.1 Å². The summed E-state index contributed by atoms with van der Waals surface area (Å²) >= 11 is 3.18. The maximum Gasteiger partial charge on any atom is 0.254 e. The van der Waals surface area contributed by atoms with Crippen molar-refractivity contribution in [2.45, 2.75) is 6.42 Å². The van der Waals surface area contributed by atoms with E-state index in [-0.39, 0.29) is 30.0 Å². The number of phenolic OH excluding ortho intramolecular Hbond substituents is 1. The van der Waals surface area contributed by atoms with E-state index in [4.69, 9.17) is 4.74 Å². The fraction of sp³-hybridized carbons (Fsp3) is 0.167. The number of ether oxygens (including phenoxy) is 1. The zero-order chi connectivity index (χ0) is 19.8. The first-order valence-electron chi connectivity index (χ1n) is 7.83. The van der Waals surface area contributed by atoms with Gasteiger partial charge in [0.25, 0.3) is 5.91 Å². The minimum atomic E-state index is -0.625. The maximum atomic E-state index is 13.5. The van der Waals surface area contributed by atoms with Crippen molar-refractivity contribution in [3.05, 3.63) is 57.8 Å². The zero-order valence-corrected chi connectivity index (χ0v) is 15.9. The van der Waals surface area contributed by atoms with Crippen LogP contribution in [0.15, 0.2) is 46.0 Å². The molecule has 9 heteroatoms. The topological polar surface area (TPSA) is 100 Å². The number of hydrogen-bond donors (Lipinski definition) is 3. The fourth-order valence-electron chi connectivity index (χ4n) is 2.09. The number of hydrogen-bond acceptors (Lipinski definition) is 5. The van der Waals surface area contributed by atoms with Crippen LogP contribution < -0.4 is 15.5 Å². The van der Waals surface area contributed by atoms with Gasteiger partial charge in [0.15, 0.2) is 11.5 Å². The first-order chi connectivity index (χ1) is 12.9. The fourth-order valence-corrected chi connectivity index (χ4v) is 2.55. The van der Waals surface area contributed by atoms with Crippen LogP contribution in [0.25, 0.3) is 0 Å². The van der Waals surface area contributed by atoms with Gasteiger partial charge in [-0.3, -0.25) is 9.59 Å². The van der Waals surface area contributed by atoms with Gasteiger partial charge in [-0.25, -0.2) is 9.82 Å². The predicted octanol–water partition coefficient (Wildman–Crippen LogP) is 2.57. The number of nitrogens with one attached hydrogen (secondary N) is 2. The summed E-state index contributed by atoms with van der Waals surface area (Å²) in [5, 5.41) is 16.0. The number of halogens is 2. The molecule has 3 N–H and O–H groups in total. The summed E-state index contributed by atoms with van der Waals surface area (Å²) in [5.74, 6) is -1.42. The molecular weight excluding hydrogens is 421 g/mol. The third-order valence-corrected chi connectivity index (χ3v) is 4.03. The summed E-state index contributed by atoms with van der Waals surface area (Å²) in [6.07, 6.45) is 1.35. The van der Waals surface area contributed by atoms with Crippen molar-refractivity contribution in [3.63, 3.8) is 0 Å². The van der Waals surface area contributed by atoms with Crippen LogP contribution in [0.3, 0.4) is 0 Å². The summed E-state index contributed by atoms with van der Waals surface area (Å²) in [6.45, 7) is 0.0348. The number of hydrazone groups is 1. The molecule has 0 aliphatic carbocycles. The lowest BCUT2D eigenvalue weighted by atomic mass is 10.2. The van der Waals surface area contributed by atoms with Gasteiger partial charge in [0.05, 0.1) is 23.4 Å². The van der Waals surface area contributed by atoms with Crippen molar-refractivity contribution in [2.24, 2.45) is 5.10 Å². The van der Waals surface area contributed by atoms with Gasteiger partial charge < -0.3 is 15.2 Å². The van der Waals surface area contributed by atoms with E-state index in [1.54, 1.807) is 18.2 Å². The van der Waals surface area contributed by atoms with Crippen molar-refractivity contribution in [2.75, 3.05) is 13.7 Å². The van der Waals surface area contributed by atoms with Gasteiger partial charge in [0, 0.05) is 13.0 Å². The highest BCUT2D eigenvalue weighted by molar-refractivity contribution is 9.10. The molecule has 0 aliphatic rings. The molecule has 2 amide bonds. The minimum Gasteiger partial charge on any atom is -0.503 e. The number of carbonyl (C=O) groups excluding carboxylic acids is 2. The number of phenols is 1. The van der Waals surface area contributed by atoms with Crippen LogP contribution in [0.5, 0.6) is 11.5 Å². The van der Waals surface area contributed by atoms with Crippen molar-refractivity contribution in [3.8, 4) is 11.5 Å². The monoisotopic (exact) mass is 437 g/mol. The summed E-state index contributed by atoms with van der Waals surface area (Å²) in [5.41, 5.74) is 2.82. The van der Waals surface area contributed by atoms with E-state index in [2.05, 4.69) is 31.8 Å². The second kappa shape index (κ2) is 9.67. The Balaban J connectivity index is 1.81. The molecule has 142 valence electrons. The SMILES string of the molecule is COc1cc(/C=N/NC(=O)CCNC(=O)c2ccccc2F)cc(Br)c1O. The van der Waals surface area contributed by atoms with Crippen molar-refractivity contribution in [1.82, 2.24) is 10.7 Å². The van der Waals surface area contributed by atoms with E-state index in [0.29, 0.717) is 10.0 Å². The first kappa shape index (κ1) is 20.4. The summed E-state index contributed by atoms with van der Waals surface area (Å²) < 4.78 is 18.9. The number of carbonyl (C=O) groups is 2. The van der Waals surface area contributed by atoms with Crippen molar-refractivity contribution >= 4 is 34.0 Å². The third-order valence-electron chi connectivity index (χ3n) is 3.43. The Morgan fingerprint density at radius 3 is 2.78 bits per heavy atom. The van der Waals surface area contributed by atoms with Crippen molar-refractivity contribution < 1.29 is 23.8 Å².